The van der Waals surface area contributed by atoms with Gasteiger partial charge in [0, 0.05) is 36.5 Å². The number of nitrogens with zero attached hydrogens (tertiary/aromatic N) is 2. The molecule has 1 aliphatic rings. The number of benzene rings is 1. The molecule has 1 aromatic carbocycles. The summed E-state index contributed by atoms with van der Waals surface area (Å²) < 4.78 is 5.72. The third-order valence-corrected chi connectivity index (χ3v) is 4.82. The fourth-order valence-corrected chi connectivity index (χ4v) is 3.36. The van der Waals surface area contributed by atoms with E-state index in [1.807, 2.05) is 4.90 Å². The second-order valence-corrected chi connectivity index (χ2v) is 6.82. The van der Waals surface area contributed by atoms with Gasteiger partial charge in [0.25, 0.3) is 0 Å². The molecule has 1 amide bonds. The summed E-state index contributed by atoms with van der Waals surface area (Å²) in [6, 6.07) is 5.19. The molecule has 1 atom stereocenters. The SMILES string of the molecule is Cl.Cl.NCC1CCN(C(=O)CCc2ncc(-c3ccc(Cl)cc3Cl)o2)C1. The van der Waals surface area contributed by atoms with Crippen LogP contribution in [0.4, 0.5) is 0 Å². The molecule has 3 rings (SSSR count). The van der Waals surface area contributed by atoms with Gasteiger partial charge in [0.05, 0.1) is 11.2 Å². The van der Waals surface area contributed by atoms with Gasteiger partial charge in [-0.05, 0) is 37.1 Å². The van der Waals surface area contributed by atoms with Crippen molar-refractivity contribution in [2.24, 2.45) is 11.7 Å². The third-order valence-electron chi connectivity index (χ3n) is 4.27. The number of oxazole rings is 1. The Labute approximate surface area is 175 Å². The molecule has 0 aliphatic carbocycles. The van der Waals surface area contributed by atoms with E-state index in [1.54, 1.807) is 24.4 Å². The molecule has 0 saturated carbocycles. The van der Waals surface area contributed by atoms with Gasteiger partial charge in [-0.2, -0.15) is 0 Å². The first kappa shape index (κ1) is 23.1. The van der Waals surface area contributed by atoms with E-state index in [-0.39, 0.29) is 30.7 Å². The second-order valence-electron chi connectivity index (χ2n) is 5.97. The zero-order valence-corrected chi connectivity index (χ0v) is 17.1. The largest absolute Gasteiger partial charge is 0.441 e. The average Bonchev–Trinajstić information content (AvgIpc) is 3.22. The molecule has 26 heavy (non-hydrogen) atoms. The summed E-state index contributed by atoms with van der Waals surface area (Å²) in [6.45, 7) is 2.18. The van der Waals surface area contributed by atoms with E-state index in [0.717, 1.165) is 25.1 Å². The predicted molar refractivity (Wildman–Crippen MR) is 109 cm³/mol. The Bertz CT molecular complexity index is 739. The zero-order valence-electron chi connectivity index (χ0n) is 14.0. The average molecular weight is 441 g/mol. The van der Waals surface area contributed by atoms with Gasteiger partial charge < -0.3 is 15.1 Å². The van der Waals surface area contributed by atoms with Crippen LogP contribution in [-0.2, 0) is 11.2 Å². The number of likely N-dealkylation sites (tertiary alicyclic amines) is 1. The van der Waals surface area contributed by atoms with E-state index in [0.29, 0.717) is 47.0 Å². The standard InChI is InChI=1S/C17H19Cl2N3O2.2ClH/c18-12-1-2-13(14(19)7-12)15-9-21-16(24-15)3-4-17(23)22-6-5-11(8-20)10-22;;/h1-2,7,9,11H,3-6,8,10,20H2;2*1H. The number of nitrogens with two attached hydrogens (primary N) is 1. The van der Waals surface area contributed by atoms with Gasteiger partial charge in [0.15, 0.2) is 11.7 Å². The van der Waals surface area contributed by atoms with E-state index in [2.05, 4.69) is 4.98 Å². The van der Waals surface area contributed by atoms with Crippen LogP contribution >= 0.6 is 48.0 Å². The number of hydrogen-bond donors (Lipinski definition) is 1. The van der Waals surface area contributed by atoms with Crippen molar-refractivity contribution in [1.29, 1.82) is 0 Å². The summed E-state index contributed by atoms with van der Waals surface area (Å²) in [4.78, 5) is 18.3. The lowest BCUT2D eigenvalue weighted by atomic mass is 10.1. The molecule has 1 fully saturated rings. The number of hydrogen-bond acceptors (Lipinski definition) is 4. The molecule has 1 aromatic heterocycles. The van der Waals surface area contributed by atoms with Gasteiger partial charge in [-0.15, -0.1) is 24.8 Å². The maximum atomic E-state index is 12.2. The highest BCUT2D eigenvalue weighted by Gasteiger charge is 2.25. The minimum absolute atomic E-state index is 0. The fraction of sp³-hybridized carbons (Fsp3) is 0.412. The van der Waals surface area contributed by atoms with Crippen molar-refractivity contribution < 1.29 is 9.21 Å². The molecule has 144 valence electrons. The molecule has 9 heteroatoms. The molecule has 0 bridgehead atoms. The number of aromatic nitrogens is 1. The van der Waals surface area contributed by atoms with Crippen molar-refractivity contribution in [2.45, 2.75) is 19.3 Å². The van der Waals surface area contributed by atoms with Crippen LogP contribution in [0.3, 0.4) is 0 Å². The molecular formula is C17H21Cl4N3O2. The van der Waals surface area contributed by atoms with Crippen molar-refractivity contribution >= 4 is 53.9 Å². The monoisotopic (exact) mass is 439 g/mol. The number of carbonyl (C=O) groups excluding carboxylic acids is 1. The van der Waals surface area contributed by atoms with Crippen molar-refractivity contribution in [3.63, 3.8) is 0 Å². The summed E-state index contributed by atoms with van der Waals surface area (Å²) in [5.41, 5.74) is 6.39. The molecule has 2 aromatic rings. The number of amides is 1. The summed E-state index contributed by atoms with van der Waals surface area (Å²) in [5, 5.41) is 1.07. The Morgan fingerprint density at radius 2 is 2.12 bits per heavy atom. The van der Waals surface area contributed by atoms with Crippen molar-refractivity contribution in [3.8, 4) is 11.3 Å². The van der Waals surface area contributed by atoms with Gasteiger partial charge in [0.2, 0.25) is 5.91 Å². The van der Waals surface area contributed by atoms with Gasteiger partial charge in [0.1, 0.15) is 0 Å². The zero-order chi connectivity index (χ0) is 17.1. The first-order valence-corrected chi connectivity index (χ1v) is 8.70. The molecule has 0 radical (unpaired) electrons. The maximum Gasteiger partial charge on any atom is 0.223 e. The minimum Gasteiger partial charge on any atom is -0.441 e. The third kappa shape index (κ3) is 5.51. The van der Waals surface area contributed by atoms with Gasteiger partial charge in [-0.25, -0.2) is 4.98 Å². The van der Waals surface area contributed by atoms with E-state index < -0.39 is 0 Å². The number of carbonyl (C=O) groups is 1. The molecule has 1 saturated heterocycles. The molecule has 2 N–H and O–H groups in total. The van der Waals surface area contributed by atoms with Gasteiger partial charge in [-0.3, -0.25) is 4.79 Å². The second kappa shape index (κ2) is 10.4. The summed E-state index contributed by atoms with van der Waals surface area (Å²) in [7, 11) is 0. The highest BCUT2D eigenvalue weighted by molar-refractivity contribution is 6.36. The highest BCUT2D eigenvalue weighted by atomic mass is 35.5. The number of rotatable bonds is 5. The molecular weight excluding hydrogens is 420 g/mol. The van der Waals surface area contributed by atoms with E-state index >= 15 is 0 Å². The molecule has 1 aliphatic heterocycles. The van der Waals surface area contributed by atoms with Crippen LogP contribution in [0.5, 0.6) is 0 Å². The fourth-order valence-electron chi connectivity index (χ4n) is 2.86. The molecule has 2 heterocycles. The number of aryl methyl sites for hydroxylation is 1. The van der Waals surface area contributed by atoms with Crippen LogP contribution < -0.4 is 5.73 Å². The van der Waals surface area contributed by atoms with Crippen LogP contribution in [0.25, 0.3) is 11.3 Å². The van der Waals surface area contributed by atoms with Crippen LogP contribution in [0.2, 0.25) is 10.0 Å². The van der Waals surface area contributed by atoms with Crippen molar-refractivity contribution in [2.75, 3.05) is 19.6 Å². The van der Waals surface area contributed by atoms with Crippen LogP contribution in [-0.4, -0.2) is 35.4 Å². The molecule has 5 nitrogen and oxygen atoms in total. The van der Waals surface area contributed by atoms with E-state index in [1.165, 1.54) is 0 Å². The minimum atomic E-state index is 0. The lowest BCUT2D eigenvalue weighted by molar-refractivity contribution is -0.130. The van der Waals surface area contributed by atoms with E-state index in [9.17, 15) is 4.79 Å². The highest BCUT2D eigenvalue weighted by Crippen LogP contribution is 2.31. The molecule has 1 unspecified atom stereocenters. The Balaban J connectivity index is 0.00000169. The Hall–Kier alpha value is -0.980. The first-order chi connectivity index (χ1) is 11.6. The summed E-state index contributed by atoms with van der Waals surface area (Å²) >= 11 is 12.1. The van der Waals surface area contributed by atoms with Crippen LogP contribution in [0, 0.1) is 5.92 Å². The van der Waals surface area contributed by atoms with Gasteiger partial charge >= 0.3 is 0 Å². The normalized spacial score (nSPS) is 16.1. The van der Waals surface area contributed by atoms with E-state index in [4.69, 9.17) is 33.4 Å². The summed E-state index contributed by atoms with van der Waals surface area (Å²) in [6.07, 6.45) is 3.45. The quantitative estimate of drug-likeness (QED) is 0.754. The first-order valence-electron chi connectivity index (χ1n) is 7.95. The lowest BCUT2D eigenvalue weighted by Gasteiger charge is -2.15. The maximum absolute atomic E-state index is 12.2. The Morgan fingerprint density at radius 1 is 1.35 bits per heavy atom. The van der Waals surface area contributed by atoms with Crippen LogP contribution in [0.1, 0.15) is 18.7 Å². The molecule has 0 spiro atoms. The van der Waals surface area contributed by atoms with Crippen LogP contribution in [0.15, 0.2) is 28.8 Å². The van der Waals surface area contributed by atoms with Crippen molar-refractivity contribution in [1.82, 2.24) is 9.88 Å². The number of halogens is 4. The summed E-state index contributed by atoms with van der Waals surface area (Å²) in [5.74, 6) is 1.65. The topological polar surface area (TPSA) is 72.4 Å². The predicted octanol–water partition coefficient (Wildman–Crippen LogP) is 4.23. The van der Waals surface area contributed by atoms with Gasteiger partial charge in [-0.1, -0.05) is 23.2 Å². The Kier molecular flexibility index (Phi) is 9.21. The smallest absolute Gasteiger partial charge is 0.223 e. The lowest BCUT2D eigenvalue weighted by Crippen LogP contribution is -2.30. The van der Waals surface area contributed by atoms with Crippen molar-refractivity contribution in [3.05, 3.63) is 40.3 Å². The Morgan fingerprint density at radius 3 is 2.77 bits per heavy atom.